The summed E-state index contributed by atoms with van der Waals surface area (Å²) in [6, 6.07) is 2.07. The summed E-state index contributed by atoms with van der Waals surface area (Å²) in [7, 11) is 1.59. The van der Waals surface area contributed by atoms with E-state index in [1.807, 2.05) is 27.7 Å². The van der Waals surface area contributed by atoms with Crippen molar-refractivity contribution < 1.29 is 9.53 Å². The molecule has 1 aliphatic heterocycles. The first kappa shape index (κ1) is 15.2. The lowest BCUT2D eigenvalue weighted by atomic mass is 9.98. The minimum atomic E-state index is -0.510. The Morgan fingerprint density at radius 2 is 2.11 bits per heavy atom. The largest absolute Gasteiger partial charge is 0.444 e. The van der Waals surface area contributed by atoms with Crippen molar-refractivity contribution in [3.8, 4) is 6.07 Å². The highest BCUT2D eigenvalue weighted by atomic mass is 16.6. The Hall–Kier alpha value is -1.83. The van der Waals surface area contributed by atoms with E-state index in [2.05, 4.69) is 11.1 Å². The van der Waals surface area contributed by atoms with Crippen LogP contribution in [0.4, 0.5) is 4.79 Å². The van der Waals surface area contributed by atoms with Gasteiger partial charge in [0.1, 0.15) is 17.4 Å². The highest BCUT2D eigenvalue weighted by molar-refractivity contribution is 6.12. The monoisotopic (exact) mass is 263 g/mol. The molecule has 0 fully saturated rings. The van der Waals surface area contributed by atoms with Crippen LogP contribution in [-0.2, 0) is 4.74 Å². The summed E-state index contributed by atoms with van der Waals surface area (Å²) in [6.45, 7) is 8.50. The zero-order valence-corrected chi connectivity index (χ0v) is 12.3. The lowest BCUT2D eigenvalue weighted by molar-refractivity contribution is 0.0263. The van der Waals surface area contributed by atoms with E-state index in [0.29, 0.717) is 18.8 Å². The molecule has 0 saturated carbocycles. The SMILES string of the molecule is C/N=C(/C#N)C1=C(C)CCN(C(=O)OC(C)(C)C)C1. The second kappa shape index (κ2) is 5.87. The molecule has 1 amide bonds. The first-order valence-corrected chi connectivity index (χ1v) is 6.32. The van der Waals surface area contributed by atoms with Crippen molar-refractivity contribution in [2.45, 2.75) is 39.7 Å². The van der Waals surface area contributed by atoms with Gasteiger partial charge in [0.25, 0.3) is 0 Å². The van der Waals surface area contributed by atoms with Crippen LogP contribution in [0.2, 0.25) is 0 Å². The predicted octanol–water partition coefficient (Wildman–Crippen LogP) is 2.54. The van der Waals surface area contributed by atoms with Gasteiger partial charge in [-0.15, -0.1) is 0 Å². The molecule has 5 nitrogen and oxygen atoms in total. The van der Waals surface area contributed by atoms with Crippen LogP contribution in [-0.4, -0.2) is 42.4 Å². The molecule has 1 aliphatic rings. The van der Waals surface area contributed by atoms with Gasteiger partial charge in [0, 0.05) is 19.2 Å². The number of rotatable bonds is 1. The van der Waals surface area contributed by atoms with Crippen molar-refractivity contribution in [1.82, 2.24) is 4.90 Å². The van der Waals surface area contributed by atoms with Crippen LogP contribution in [0.15, 0.2) is 16.1 Å². The number of hydrogen-bond donors (Lipinski definition) is 0. The van der Waals surface area contributed by atoms with Crippen LogP contribution < -0.4 is 0 Å². The van der Waals surface area contributed by atoms with E-state index < -0.39 is 5.60 Å². The van der Waals surface area contributed by atoms with E-state index >= 15 is 0 Å². The smallest absolute Gasteiger partial charge is 0.410 e. The molecule has 0 bridgehead atoms. The molecule has 1 heterocycles. The van der Waals surface area contributed by atoms with Gasteiger partial charge in [0.15, 0.2) is 0 Å². The summed E-state index contributed by atoms with van der Waals surface area (Å²) in [6.07, 6.45) is 0.404. The Balaban J connectivity index is 2.85. The zero-order valence-electron chi connectivity index (χ0n) is 12.3. The molecule has 1 rings (SSSR count). The number of amides is 1. The summed E-state index contributed by atoms with van der Waals surface area (Å²) in [5.41, 5.74) is 1.83. The molecule has 104 valence electrons. The maximum Gasteiger partial charge on any atom is 0.410 e. The van der Waals surface area contributed by atoms with E-state index in [0.717, 1.165) is 17.6 Å². The maximum atomic E-state index is 12.0. The minimum Gasteiger partial charge on any atom is -0.444 e. The van der Waals surface area contributed by atoms with Gasteiger partial charge in [-0.25, -0.2) is 4.79 Å². The van der Waals surface area contributed by atoms with Gasteiger partial charge in [-0.1, -0.05) is 5.57 Å². The van der Waals surface area contributed by atoms with Crippen molar-refractivity contribution in [1.29, 1.82) is 5.26 Å². The van der Waals surface area contributed by atoms with Gasteiger partial charge in [-0.05, 0) is 34.1 Å². The van der Waals surface area contributed by atoms with Gasteiger partial charge in [-0.3, -0.25) is 4.99 Å². The van der Waals surface area contributed by atoms with Gasteiger partial charge in [0.05, 0.1) is 6.54 Å². The third kappa shape index (κ3) is 4.09. The predicted molar refractivity (Wildman–Crippen MR) is 74.1 cm³/mol. The molecule has 0 aliphatic carbocycles. The average Bonchev–Trinajstić information content (AvgIpc) is 2.30. The van der Waals surface area contributed by atoms with E-state index in [-0.39, 0.29) is 6.09 Å². The number of hydrogen-bond acceptors (Lipinski definition) is 4. The Bertz CT molecular complexity index is 464. The molecule has 0 atom stereocenters. The van der Waals surface area contributed by atoms with E-state index in [9.17, 15) is 4.79 Å². The lowest BCUT2D eigenvalue weighted by Gasteiger charge is -2.31. The van der Waals surface area contributed by atoms with Crippen molar-refractivity contribution >= 4 is 11.8 Å². The zero-order chi connectivity index (χ0) is 14.6. The molecule has 0 spiro atoms. The summed E-state index contributed by atoms with van der Waals surface area (Å²) in [5.74, 6) is 0. The highest BCUT2D eigenvalue weighted by Crippen LogP contribution is 2.21. The molecule has 0 N–H and O–H groups in total. The van der Waals surface area contributed by atoms with Gasteiger partial charge >= 0.3 is 6.09 Å². The number of carbonyl (C=O) groups excluding carboxylic acids is 1. The normalized spacial score (nSPS) is 17.3. The fourth-order valence-corrected chi connectivity index (χ4v) is 1.87. The minimum absolute atomic E-state index is 0.342. The lowest BCUT2D eigenvalue weighted by Crippen LogP contribution is -2.41. The first-order chi connectivity index (χ1) is 8.78. The van der Waals surface area contributed by atoms with E-state index in [1.54, 1.807) is 11.9 Å². The molecule has 0 aromatic heterocycles. The second-order valence-corrected chi connectivity index (χ2v) is 5.59. The molecular formula is C14H21N3O2. The maximum absolute atomic E-state index is 12.0. The molecule has 5 heteroatoms. The van der Waals surface area contributed by atoms with Crippen molar-refractivity contribution in [3.05, 3.63) is 11.1 Å². The van der Waals surface area contributed by atoms with Gasteiger partial charge in [0.2, 0.25) is 0 Å². The quantitative estimate of drug-likeness (QED) is 0.683. The summed E-state index contributed by atoms with van der Waals surface area (Å²) in [4.78, 5) is 17.6. The van der Waals surface area contributed by atoms with Gasteiger partial charge in [-0.2, -0.15) is 5.26 Å². The topological polar surface area (TPSA) is 65.7 Å². The number of nitrogens with zero attached hydrogens (tertiary/aromatic N) is 3. The third-order valence-electron chi connectivity index (χ3n) is 2.89. The number of aliphatic imine (C=N–C) groups is 1. The Labute approximate surface area is 114 Å². The van der Waals surface area contributed by atoms with Gasteiger partial charge < -0.3 is 9.64 Å². The van der Waals surface area contributed by atoms with Crippen LogP contribution in [0.3, 0.4) is 0 Å². The summed E-state index contributed by atoms with van der Waals surface area (Å²) < 4.78 is 5.35. The van der Waals surface area contributed by atoms with Crippen molar-refractivity contribution in [2.75, 3.05) is 20.1 Å². The summed E-state index contributed by atoms with van der Waals surface area (Å²) in [5, 5.41) is 9.06. The Kier molecular flexibility index (Phi) is 4.71. The van der Waals surface area contributed by atoms with Crippen LogP contribution in [0.1, 0.15) is 34.1 Å². The first-order valence-electron chi connectivity index (χ1n) is 6.32. The molecule has 0 aromatic carbocycles. The van der Waals surface area contributed by atoms with E-state index in [1.165, 1.54) is 0 Å². The van der Waals surface area contributed by atoms with E-state index in [4.69, 9.17) is 10.00 Å². The number of nitriles is 1. The third-order valence-corrected chi connectivity index (χ3v) is 2.89. The fraction of sp³-hybridized carbons (Fsp3) is 0.643. The Morgan fingerprint density at radius 1 is 1.47 bits per heavy atom. The molecule has 0 radical (unpaired) electrons. The molecular weight excluding hydrogens is 242 g/mol. The second-order valence-electron chi connectivity index (χ2n) is 5.59. The Morgan fingerprint density at radius 3 is 2.58 bits per heavy atom. The molecule has 19 heavy (non-hydrogen) atoms. The highest BCUT2D eigenvalue weighted by Gasteiger charge is 2.27. The van der Waals surface area contributed by atoms with Crippen LogP contribution in [0, 0.1) is 11.3 Å². The van der Waals surface area contributed by atoms with Crippen molar-refractivity contribution in [2.24, 2.45) is 4.99 Å². The summed E-state index contributed by atoms with van der Waals surface area (Å²) >= 11 is 0. The fourth-order valence-electron chi connectivity index (χ4n) is 1.87. The van der Waals surface area contributed by atoms with Crippen LogP contribution >= 0.6 is 0 Å². The number of ether oxygens (including phenoxy) is 1. The number of carbonyl (C=O) groups is 1. The average molecular weight is 263 g/mol. The van der Waals surface area contributed by atoms with Crippen molar-refractivity contribution in [3.63, 3.8) is 0 Å². The van der Waals surface area contributed by atoms with Crippen LogP contribution in [0.25, 0.3) is 0 Å². The molecule has 0 aromatic rings. The van der Waals surface area contributed by atoms with Crippen LogP contribution in [0.5, 0.6) is 0 Å². The standard InChI is InChI=1S/C14H21N3O2/c1-10-6-7-17(13(18)19-14(2,3)4)9-11(10)12(8-15)16-5/h6-7,9H2,1-5H3/b16-12-. The molecule has 0 saturated heterocycles. The molecule has 0 unspecified atom stereocenters.